The third-order valence-electron chi connectivity index (χ3n) is 13.4. The molecule has 1 amide bonds. The molecule has 0 saturated heterocycles. The smallest absolute Gasteiger partial charge is 0.220 e. The van der Waals surface area contributed by atoms with Crippen molar-refractivity contribution in [3.05, 3.63) is 72.9 Å². The number of carbonyl (C=O) groups is 1. The van der Waals surface area contributed by atoms with Gasteiger partial charge in [-0.2, -0.15) is 0 Å². The molecule has 0 spiro atoms. The summed E-state index contributed by atoms with van der Waals surface area (Å²) in [7, 11) is 0. The van der Waals surface area contributed by atoms with Gasteiger partial charge >= 0.3 is 0 Å². The van der Waals surface area contributed by atoms with Gasteiger partial charge in [-0.3, -0.25) is 4.79 Å². The van der Waals surface area contributed by atoms with Gasteiger partial charge in [-0.15, -0.1) is 0 Å². The van der Waals surface area contributed by atoms with Crippen LogP contribution in [0.3, 0.4) is 0 Å². The Balaban J connectivity index is 3.45. The highest BCUT2D eigenvalue weighted by molar-refractivity contribution is 5.76. The molecule has 0 aromatic carbocycles. The number of aliphatic hydroxyl groups is 2. The van der Waals surface area contributed by atoms with Crippen molar-refractivity contribution in [2.45, 2.75) is 315 Å². The van der Waals surface area contributed by atoms with Crippen LogP contribution >= 0.6 is 0 Å². The van der Waals surface area contributed by atoms with E-state index < -0.39 is 12.1 Å². The quantitative estimate of drug-likeness (QED) is 0.0420. The molecule has 0 aliphatic heterocycles. The average molecular weight is 935 g/mol. The second-order valence-electron chi connectivity index (χ2n) is 20.0. The summed E-state index contributed by atoms with van der Waals surface area (Å²) in [5.41, 5.74) is 0. The lowest BCUT2D eigenvalue weighted by Gasteiger charge is -2.20. The highest BCUT2D eigenvalue weighted by atomic mass is 16.3. The maximum absolute atomic E-state index is 12.5. The van der Waals surface area contributed by atoms with E-state index in [0.29, 0.717) is 6.42 Å². The minimum absolute atomic E-state index is 0.0603. The van der Waals surface area contributed by atoms with Gasteiger partial charge in [0.2, 0.25) is 5.91 Å². The highest BCUT2D eigenvalue weighted by Crippen LogP contribution is 2.17. The Labute approximate surface area is 419 Å². The fourth-order valence-corrected chi connectivity index (χ4v) is 8.97. The van der Waals surface area contributed by atoms with Crippen molar-refractivity contribution < 1.29 is 15.0 Å². The van der Waals surface area contributed by atoms with Crippen molar-refractivity contribution in [3.63, 3.8) is 0 Å². The Hall–Kier alpha value is -2.17. The van der Waals surface area contributed by atoms with Crippen LogP contribution in [0.4, 0.5) is 0 Å². The van der Waals surface area contributed by atoms with Gasteiger partial charge in [0.25, 0.3) is 0 Å². The van der Waals surface area contributed by atoms with Gasteiger partial charge in [0.1, 0.15) is 0 Å². The zero-order valence-corrected chi connectivity index (χ0v) is 44.9. The molecule has 0 fully saturated rings. The van der Waals surface area contributed by atoms with Crippen LogP contribution in [-0.2, 0) is 4.79 Å². The first-order valence-corrected chi connectivity index (χ1v) is 29.7. The van der Waals surface area contributed by atoms with Crippen LogP contribution in [0, 0.1) is 0 Å². The summed E-state index contributed by atoms with van der Waals surface area (Å²) in [5, 5.41) is 23.2. The molecule has 4 heteroatoms. The van der Waals surface area contributed by atoms with Gasteiger partial charge < -0.3 is 15.5 Å². The third-order valence-corrected chi connectivity index (χ3v) is 13.4. The molecule has 0 aliphatic carbocycles. The number of amides is 1. The number of hydrogen-bond donors (Lipinski definition) is 3. The Bertz CT molecular complexity index is 1150. The lowest BCUT2D eigenvalue weighted by molar-refractivity contribution is -0.123. The van der Waals surface area contributed by atoms with Gasteiger partial charge in [-0.1, -0.05) is 305 Å². The molecule has 2 unspecified atom stereocenters. The third kappa shape index (κ3) is 54.6. The van der Waals surface area contributed by atoms with E-state index in [9.17, 15) is 15.0 Å². The standard InChI is InChI=1S/C63H115NO3/c1-3-5-7-9-11-13-15-17-19-21-23-24-25-26-27-28-29-30-31-32-33-34-35-36-37-38-39-40-41-43-45-47-49-51-53-55-57-59-63(67)64-61(60-65)62(66)58-56-54-52-50-48-46-44-42-22-20-18-16-14-12-10-8-6-4-2/h5,7,11,13,17,19,23-24,26-27,56,58,61-62,65-66H,3-4,6,8-10,12,14-16,18,20-22,25,28-55,57,59-60H2,1-2H3,(H,64,67)/b7-5-,13-11-,19-17-,24-23-,27-26-,58-56+. The van der Waals surface area contributed by atoms with E-state index >= 15 is 0 Å². The van der Waals surface area contributed by atoms with Crippen LogP contribution in [0.5, 0.6) is 0 Å². The monoisotopic (exact) mass is 934 g/mol. The van der Waals surface area contributed by atoms with Gasteiger partial charge in [0.15, 0.2) is 0 Å². The molecule has 67 heavy (non-hydrogen) atoms. The van der Waals surface area contributed by atoms with Crippen molar-refractivity contribution in [2.24, 2.45) is 0 Å². The molecule has 0 radical (unpaired) electrons. The first kappa shape index (κ1) is 64.8. The minimum Gasteiger partial charge on any atom is -0.394 e. The van der Waals surface area contributed by atoms with Gasteiger partial charge in [-0.25, -0.2) is 0 Å². The van der Waals surface area contributed by atoms with Crippen molar-refractivity contribution in [1.29, 1.82) is 0 Å². The summed E-state index contributed by atoms with van der Waals surface area (Å²) in [5.74, 6) is -0.0603. The molecule has 4 nitrogen and oxygen atoms in total. The summed E-state index contributed by atoms with van der Waals surface area (Å²) in [6.45, 7) is 4.22. The number of nitrogens with one attached hydrogen (secondary N) is 1. The minimum atomic E-state index is -0.840. The predicted molar refractivity (Wildman–Crippen MR) is 299 cm³/mol. The van der Waals surface area contributed by atoms with Crippen molar-refractivity contribution in [2.75, 3.05) is 6.61 Å². The van der Waals surface area contributed by atoms with E-state index in [-0.39, 0.29) is 12.5 Å². The van der Waals surface area contributed by atoms with E-state index in [2.05, 4.69) is 79.9 Å². The zero-order chi connectivity index (χ0) is 48.5. The molecule has 0 aromatic heterocycles. The first-order valence-electron chi connectivity index (χ1n) is 29.7. The Morgan fingerprint density at radius 1 is 0.373 bits per heavy atom. The summed E-state index contributed by atoms with van der Waals surface area (Å²) in [6.07, 6.45) is 83.6. The zero-order valence-electron chi connectivity index (χ0n) is 44.9. The average Bonchev–Trinajstić information content (AvgIpc) is 3.33. The molecule has 0 aromatic rings. The van der Waals surface area contributed by atoms with E-state index in [4.69, 9.17) is 0 Å². The molecule has 390 valence electrons. The van der Waals surface area contributed by atoms with E-state index in [1.165, 1.54) is 225 Å². The molecule has 3 N–H and O–H groups in total. The predicted octanol–water partition coefficient (Wildman–Crippen LogP) is 19.8. The molecule has 0 aliphatic rings. The number of aliphatic hydroxyl groups excluding tert-OH is 2. The van der Waals surface area contributed by atoms with E-state index in [0.717, 1.165) is 57.8 Å². The maximum atomic E-state index is 12.5. The molecular weight excluding hydrogens is 819 g/mol. The van der Waals surface area contributed by atoms with Crippen molar-refractivity contribution in [1.82, 2.24) is 5.32 Å². The molecular formula is C63H115NO3. The van der Waals surface area contributed by atoms with E-state index in [1.54, 1.807) is 6.08 Å². The lowest BCUT2D eigenvalue weighted by atomic mass is 10.0. The number of unbranched alkanes of at least 4 members (excludes halogenated alkanes) is 37. The van der Waals surface area contributed by atoms with Crippen LogP contribution in [0.1, 0.15) is 303 Å². The molecule has 0 rings (SSSR count). The SMILES string of the molecule is CC/C=C\C/C=C\C/C=C\C/C=C\C/C=C\CCCCCCCCCCCCCCCCCCCCCCCC(=O)NC(CO)C(O)/C=C/CCCCCCCCCCCCCCCCCC. The molecule has 0 saturated carbocycles. The number of hydrogen-bond acceptors (Lipinski definition) is 3. The maximum Gasteiger partial charge on any atom is 0.220 e. The Morgan fingerprint density at radius 3 is 0.985 bits per heavy atom. The second-order valence-corrected chi connectivity index (χ2v) is 20.0. The largest absolute Gasteiger partial charge is 0.394 e. The fourth-order valence-electron chi connectivity index (χ4n) is 8.97. The topological polar surface area (TPSA) is 69.6 Å². The summed E-state index contributed by atoms with van der Waals surface area (Å²) in [6, 6.07) is -0.623. The molecule has 0 bridgehead atoms. The number of rotatable bonds is 54. The summed E-state index contributed by atoms with van der Waals surface area (Å²) in [4.78, 5) is 12.5. The Morgan fingerprint density at radius 2 is 0.657 bits per heavy atom. The number of allylic oxidation sites excluding steroid dienone is 11. The van der Waals surface area contributed by atoms with Crippen molar-refractivity contribution >= 4 is 5.91 Å². The number of carbonyl (C=O) groups excluding carboxylic acids is 1. The van der Waals surface area contributed by atoms with Gasteiger partial charge in [0.05, 0.1) is 18.8 Å². The molecule has 0 heterocycles. The van der Waals surface area contributed by atoms with Gasteiger partial charge in [0, 0.05) is 6.42 Å². The van der Waals surface area contributed by atoms with Gasteiger partial charge in [-0.05, 0) is 64.2 Å². The van der Waals surface area contributed by atoms with Crippen LogP contribution in [0.25, 0.3) is 0 Å². The molecule has 2 atom stereocenters. The first-order chi connectivity index (χ1) is 33.2. The van der Waals surface area contributed by atoms with Crippen LogP contribution in [-0.4, -0.2) is 34.9 Å². The van der Waals surface area contributed by atoms with Crippen LogP contribution in [0.15, 0.2) is 72.9 Å². The Kier molecular flexibility index (Phi) is 56.3. The fraction of sp³-hybridized carbons (Fsp3) is 0.794. The van der Waals surface area contributed by atoms with Crippen LogP contribution in [0.2, 0.25) is 0 Å². The van der Waals surface area contributed by atoms with Crippen molar-refractivity contribution in [3.8, 4) is 0 Å². The van der Waals surface area contributed by atoms with E-state index in [1.807, 2.05) is 6.08 Å². The second kappa shape index (κ2) is 58.1. The van der Waals surface area contributed by atoms with Crippen LogP contribution < -0.4 is 5.32 Å². The summed E-state index contributed by atoms with van der Waals surface area (Å²) >= 11 is 0. The highest BCUT2D eigenvalue weighted by Gasteiger charge is 2.18. The lowest BCUT2D eigenvalue weighted by Crippen LogP contribution is -2.45. The summed E-state index contributed by atoms with van der Waals surface area (Å²) < 4.78 is 0. The normalized spacial score (nSPS) is 13.3.